The minimum atomic E-state index is -2.09. The van der Waals surface area contributed by atoms with Crippen LogP contribution in [-0.4, -0.2) is 33.6 Å². The smallest absolute Gasteiger partial charge is 0.259 e. The Hall–Kier alpha value is -3.54. The van der Waals surface area contributed by atoms with Crippen molar-refractivity contribution in [1.82, 2.24) is 19.2 Å². The third-order valence-electron chi connectivity index (χ3n) is 8.57. The van der Waals surface area contributed by atoms with Gasteiger partial charge in [-0.25, -0.2) is 4.52 Å². The van der Waals surface area contributed by atoms with E-state index in [1.54, 1.807) is 4.57 Å². The van der Waals surface area contributed by atoms with Crippen LogP contribution in [0.4, 0.5) is 0 Å². The van der Waals surface area contributed by atoms with Crippen molar-refractivity contribution in [3.05, 3.63) is 87.1 Å². The third-order valence-corrected chi connectivity index (χ3v) is 13.1. The number of aryl methyl sites for hydroxylation is 2. The van der Waals surface area contributed by atoms with Crippen LogP contribution >= 0.6 is 0 Å². The average molecular weight is 570 g/mol. The first-order valence-corrected chi connectivity index (χ1v) is 17.5. The van der Waals surface area contributed by atoms with Gasteiger partial charge in [-0.1, -0.05) is 82.6 Å². The maximum atomic E-state index is 14.5. The summed E-state index contributed by atoms with van der Waals surface area (Å²) in [5.74, 6) is 1.15. The van der Waals surface area contributed by atoms with Gasteiger partial charge in [-0.2, -0.15) is 15.3 Å². The van der Waals surface area contributed by atoms with Gasteiger partial charge < -0.3 is 4.43 Å². The standard InChI is InChI=1S/C33H43N5O2Si/c1-10-15-30-28(20-26-18-14-19-27(29(26)21-34)25-16-12-11-13-17-25)31(39)37(32-35-24(4)36-38(30)32)22(2)23(3)40-41(8,9)33(5,6)7/h11-14,16-19,22-23H,10,15,20H2,1-9H3. The molecule has 2 aromatic heterocycles. The summed E-state index contributed by atoms with van der Waals surface area (Å²) in [7, 11) is -2.09. The van der Waals surface area contributed by atoms with Crippen molar-refractivity contribution >= 4 is 14.1 Å². The molecule has 4 rings (SSSR count). The first kappa shape index (κ1) is 30.4. The average Bonchev–Trinajstić information content (AvgIpc) is 3.30. The molecule has 0 fully saturated rings. The van der Waals surface area contributed by atoms with Crippen molar-refractivity contribution in [3.8, 4) is 17.2 Å². The summed E-state index contributed by atoms with van der Waals surface area (Å²) in [6, 6.07) is 18.0. The lowest BCUT2D eigenvalue weighted by Gasteiger charge is -2.40. The van der Waals surface area contributed by atoms with E-state index in [2.05, 4.69) is 46.9 Å². The van der Waals surface area contributed by atoms with Gasteiger partial charge in [0.05, 0.1) is 23.4 Å². The highest BCUT2D eigenvalue weighted by atomic mass is 28.4. The SMILES string of the molecule is CCCc1c(Cc2cccc(-c3ccccc3)c2C#N)c(=O)n(C(C)C(C)O[Si](C)(C)C(C)(C)C)c2nc(C)nn12. The molecule has 2 aromatic carbocycles. The van der Waals surface area contributed by atoms with Crippen LogP contribution in [0.15, 0.2) is 53.3 Å². The minimum absolute atomic E-state index is 0.0420. The largest absolute Gasteiger partial charge is 0.412 e. The molecule has 7 nitrogen and oxygen atoms in total. The lowest BCUT2D eigenvalue weighted by Crippen LogP contribution is -2.46. The van der Waals surface area contributed by atoms with Crippen LogP contribution in [0.2, 0.25) is 18.1 Å². The second-order valence-electron chi connectivity index (χ2n) is 12.5. The molecular weight excluding hydrogens is 526 g/mol. The molecule has 2 atom stereocenters. The normalized spacial score (nSPS) is 13.8. The van der Waals surface area contributed by atoms with Gasteiger partial charge in [0, 0.05) is 12.0 Å². The zero-order valence-corrected chi connectivity index (χ0v) is 26.9. The molecule has 0 radical (unpaired) electrons. The minimum Gasteiger partial charge on any atom is -0.412 e. The molecule has 4 aromatic rings. The maximum absolute atomic E-state index is 14.5. The second-order valence-corrected chi connectivity index (χ2v) is 17.3. The van der Waals surface area contributed by atoms with E-state index < -0.39 is 8.32 Å². The maximum Gasteiger partial charge on any atom is 0.259 e. The summed E-state index contributed by atoms with van der Waals surface area (Å²) in [4.78, 5) is 19.2. The number of hydrogen-bond donors (Lipinski definition) is 0. The molecular formula is C33H43N5O2Si. The number of aromatic nitrogens is 4. The van der Waals surface area contributed by atoms with E-state index in [0.717, 1.165) is 28.8 Å². The molecule has 0 amide bonds. The first-order chi connectivity index (χ1) is 19.3. The molecule has 41 heavy (non-hydrogen) atoms. The monoisotopic (exact) mass is 569 g/mol. The fraction of sp³-hybridized carbons (Fsp3) is 0.455. The number of nitriles is 1. The Labute approximate surface area is 245 Å². The van der Waals surface area contributed by atoms with Gasteiger partial charge in [-0.05, 0) is 62.0 Å². The van der Waals surface area contributed by atoms with Crippen LogP contribution in [-0.2, 0) is 17.3 Å². The van der Waals surface area contributed by atoms with Crippen LogP contribution in [0.25, 0.3) is 16.9 Å². The van der Waals surface area contributed by atoms with E-state index in [-0.39, 0.29) is 22.7 Å². The van der Waals surface area contributed by atoms with E-state index in [9.17, 15) is 10.1 Å². The first-order valence-electron chi connectivity index (χ1n) is 14.6. The molecule has 8 heteroatoms. The molecule has 0 aliphatic carbocycles. The van der Waals surface area contributed by atoms with Crippen molar-refractivity contribution in [2.45, 2.75) is 98.0 Å². The highest BCUT2D eigenvalue weighted by Gasteiger charge is 2.40. The molecule has 0 aliphatic heterocycles. The van der Waals surface area contributed by atoms with Gasteiger partial charge in [0.15, 0.2) is 8.32 Å². The van der Waals surface area contributed by atoms with E-state index in [1.165, 1.54) is 0 Å². The van der Waals surface area contributed by atoms with Crippen molar-refractivity contribution in [2.24, 2.45) is 0 Å². The molecule has 2 unspecified atom stereocenters. The molecule has 0 saturated carbocycles. The van der Waals surface area contributed by atoms with E-state index in [0.29, 0.717) is 35.6 Å². The fourth-order valence-electron chi connectivity index (χ4n) is 5.14. The van der Waals surface area contributed by atoms with Crippen molar-refractivity contribution < 1.29 is 4.43 Å². The Bertz CT molecular complexity index is 1640. The highest BCUT2D eigenvalue weighted by Crippen LogP contribution is 2.38. The Kier molecular flexibility index (Phi) is 8.72. The predicted molar refractivity (Wildman–Crippen MR) is 168 cm³/mol. The molecule has 0 spiro atoms. The summed E-state index contributed by atoms with van der Waals surface area (Å²) in [6.07, 6.45) is 1.64. The van der Waals surface area contributed by atoms with Gasteiger partial charge in [-0.15, -0.1) is 0 Å². The van der Waals surface area contributed by atoms with Crippen LogP contribution in [0.1, 0.15) is 82.2 Å². The Morgan fingerprint density at radius 2 is 1.76 bits per heavy atom. The summed E-state index contributed by atoms with van der Waals surface area (Å²) in [6.45, 7) is 19.2. The zero-order valence-electron chi connectivity index (χ0n) is 25.9. The lowest BCUT2D eigenvalue weighted by atomic mass is 9.92. The molecule has 0 aliphatic rings. The Morgan fingerprint density at radius 1 is 1.07 bits per heavy atom. The predicted octanol–water partition coefficient (Wildman–Crippen LogP) is 7.25. The quantitative estimate of drug-likeness (QED) is 0.198. The van der Waals surface area contributed by atoms with Crippen molar-refractivity contribution in [3.63, 3.8) is 0 Å². The second kappa shape index (κ2) is 11.7. The van der Waals surface area contributed by atoms with Gasteiger partial charge in [0.1, 0.15) is 11.9 Å². The van der Waals surface area contributed by atoms with Crippen LogP contribution in [0.3, 0.4) is 0 Å². The van der Waals surface area contributed by atoms with Crippen LogP contribution < -0.4 is 5.56 Å². The van der Waals surface area contributed by atoms with E-state index in [1.807, 2.05) is 73.8 Å². The summed E-state index contributed by atoms with van der Waals surface area (Å²) in [5.41, 5.74) is 4.66. The highest BCUT2D eigenvalue weighted by molar-refractivity contribution is 6.74. The summed E-state index contributed by atoms with van der Waals surface area (Å²) in [5, 5.41) is 15.1. The van der Waals surface area contributed by atoms with Crippen molar-refractivity contribution in [2.75, 3.05) is 0 Å². The van der Waals surface area contributed by atoms with Gasteiger partial charge >= 0.3 is 0 Å². The summed E-state index contributed by atoms with van der Waals surface area (Å²) >= 11 is 0. The molecule has 0 saturated heterocycles. The van der Waals surface area contributed by atoms with E-state index in [4.69, 9.17) is 14.5 Å². The van der Waals surface area contributed by atoms with Gasteiger partial charge in [0.25, 0.3) is 5.56 Å². The van der Waals surface area contributed by atoms with Crippen LogP contribution in [0.5, 0.6) is 0 Å². The fourth-order valence-corrected chi connectivity index (χ4v) is 6.62. The number of rotatable bonds is 9. The number of nitrogens with zero attached hydrogens (tertiary/aromatic N) is 5. The third kappa shape index (κ3) is 5.93. The molecule has 0 bridgehead atoms. The van der Waals surface area contributed by atoms with Gasteiger partial charge in [0.2, 0.25) is 5.78 Å². The number of benzene rings is 2. The molecule has 0 N–H and O–H groups in total. The Balaban J connectivity index is 1.91. The Morgan fingerprint density at radius 3 is 2.37 bits per heavy atom. The topological polar surface area (TPSA) is 85.2 Å². The van der Waals surface area contributed by atoms with Crippen molar-refractivity contribution in [1.29, 1.82) is 5.26 Å². The van der Waals surface area contributed by atoms with E-state index >= 15 is 0 Å². The number of fused-ring (bicyclic) bond motifs is 1. The zero-order chi connectivity index (χ0) is 30.1. The summed E-state index contributed by atoms with van der Waals surface area (Å²) < 4.78 is 10.4. The molecule has 2 heterocycles. The van der Waals surface area contributed by atoms with Crippen LogP contribution in [0, 0.1) is 18.3 Å². The lowest BCUT2D eigenvalue weighted by molar-refractivity contribution is 0.145. The molecule has 216 valence electrons. The van der Waals surface area contributed by atoms with Gasteiger partial charge in [-0.3, -0.25) is 9.36 Å². The number of hydrogen-bond acceptors (Lipinski definition) is 5.